The van der Waals surface area contributed by atoms with Gasteiger partial charge in [0.2, 0.25) is 0 Å². The zero-order valence-corrected chi connectivity index (χ0v) is 16.5. The molecule has 0 saturated heterocycles. The van der Waals surface area contributed by atoms with Gasteiger partial charge >= 0.3 is 5.97 Å². The van der Waals surface area contributed by atoms with E-state index in [2.05, 4.69) is 28.1 Å². The van der Waals surface area contributed by atoms with Crippen LogP contribution in [0.1, 0.15) is 36.6 Å². The van der Waals surface area contributed by atoms with Crippen molar-refractivity contribution in [2.75, 3.05) is 11.4 Å². The van der Waals surface area contributed by atoms with E-state index in [1.165, 1.54) is 11.1 Å². The molecule has 0 radical (unpaired) electrons. The van der Waals surface area contributed by atoms with Gasteiger partial charge in [-0.15, -0.1) is 0 Å². The lowest BCUT2D eigenvalue weighted by Gasteiger charge is -2.31. The minimum absolute atomic E-state index is 0.308. The maximum Gasteiger partial charge on any atom is 0.329 e. The first kappa shape index (κ1) is 18.9. The highest BCUT2D eigenvalue weighted by atomic mass is 16.5. The van der Waals surface area contributed by atoms with Crippen LogP contribution in [0.3, 0.4) is 0 Å². The summed E-state index contributed by atoms with van der Waals surface area (Å²) in [6.07, 6.45) is 0.565. The maximum atomic E-state index is 12.6. The third-order valence-corrected chi connectivity index (χ3v) is 5.00. The van der Waals surface area contributed by atoms with Gasteiger partial charge < -0.3 is 9.64 Å². The quantitative estimate of drug-likeness (QED) is 0.636. The molecule has 0 N–H and O–H groups in total. The Morgan fingerprint density at radius 2 is 1.72 bits per heavy atom. The van der Waals surface area contributed by atoms with Gasteiger partial charge in [0, 0.05) is 13.1 Å². The SMILES string of the molecule is CC(C)OC(=O)[C@@H](C#N)c1nc2ccccc2nc1N1CCc2ccccc2C1. The molecule has 6 heteroatoms. The number of carbonyl (C=O) groups excluding carboxylic acids is 1. The van der Waals surface area contributed by atoms with Crippen molar-refractivity contribution >= 4 is 22.8 Å². The van der Waals surface area contributed by atoms with Gasteiger partial charge in [-0.1, -0.05) is 36.4 Å². The van der Waals surface area contributed by atoms with Gasteiger partial charge in [-0.2, -0.15) is 5.26 Å². The van der Waals surface area contributed by atoms with Crippen LogP contribution in [0.2, 0.25) is 0 Å². The lowest BCUT2D eigenvalue weighted by atomic mass is 9.99. The number of ether oxygens (including phenoxy) is 1. The number of rotatable bonds is 4. The van der Waals surface area contributed by atoms with Crippen molar-refractivity contribution < 1.29 is 9.53 Å². The van der Waals surface area contributed by atoms with Gasteiger partial charge in [0.1, 0.15) is 5.69 Å². The highest BCUT2D eigenvalue weighted by Gasteiger charge is 2.31. The molecule has 29 heavy (non-hydrogen) atoms. The van der Waals surface area contributed by atoms with Gasteiger partial charge in [-0.05, 0) is 43.5 Å². The average Bonchev–Trinajstić information content (AvgIpc) is 2.73. The summed E-state index contributed by atoms with van der Waals surface area (Å²) >= 11 is 0. The van der Waals surface area contributed by atoms with Crippen LogP contribution in [0, 0.1) is 11.3 Å². The molecule has 0 amide bonds. The summed E-state index contributed by atoms with van der Waals surface area (Å²) in [7, 11) is 0. The zero-order chi connectivity index (χ0) is 20.4. The minimum Gasteiger partial charge on any atom is -0.462 e. The Morgan fingerprint density at radius 1 is 1.07 bits per heavy atom. The molecule has 6 nitrogen and oxygen atoms in total. The number of nitrogens with zero attached hydrogens (tertiary/aromatic N) is 4. The van der Waals surface area contributed by atoms with Gasteiger partial charge in [0.25, 0.3) is 0 Å². The van der Waals surface area contributed by atoms with Crippen molar-refractivity contribution in [1.82, 2.24) is 9.97 Å². The number of carbonyl (C=O) groups is 1. The Bertz CT molecular complexity index is 1100. The van der Waals surface area contributed by atoms with Crippen LogP contribution in [0.15, 0.2) is 48.5 Å². The molecule has 1 aromatic heterocycles. The van der Waals surface area contributed by atoms with Gasteiger partial charge in [0.05, 0.1) is 23.2 Å². The number of fused-ring (bicyclic) bond motifs is 2. The Balaban J connectivity index is 1.81. The Hall–Kier alpha value is -3.46. The van der Waals surface area contributed by atoms with Crippen molar-refractivity contribution in [3.8, 4) is 6.07 Å². The fourth-order valence-electron chi connectivity index (χ4n) is 3.63. The van der Waals surface area contributed by atoms with Gasteiger partial charge in [-0.3, -0.25) is 4.79 Å². The molecule has 0 fully saturated rings. The van der Waals surface area contributed by atoms with Crippen LogP contribution >= 0.6 is 0 Å². The van der Waals surface area contributed by atoms with E-state index in [1.807, 2.05) is 36.4 Å². The van der Waals surface area contributed by atoms with Crippen molar-refractivity contribution in [2.45, 2.75) is 38.8 Å². The van der Waals surface area contributed by atoms with Crippen molar-refractivity contribution in [2.24, 2.45) is 0 Å². The summed E-state index contributed by atoms with van der Waals surface area (Å²) < 4.78 is 5.32. The number of nitriles is 1. The van der Waals surface area contributed by atoms with Crippen LogP contribution in [0.25, 0.3) is 11.0 Å². The van der Waals surface area contributed by atoms with Crippen LogP contribution in [-0.4, -0.2) is 28.6 Å². The Labute approximate surface area is 169 Å². The molecule has 2 aromatic carbocycles. The smallest absolute Gasteiger partial charge is 0.329 e. The largest absolute Gasteiger partial charge is 0.462 e. The van der Waals surface area contributed by atoms with Crippen LogP contribution < -0.4 is 4.90 Å². The van der Waals surface area contributed by atoms with E-state index in [9.17, 15) is 10.1 Å². The van der Waals surface area contributed by atoms with E-state index in [1.54, 1.807) is 13.8 Å². The minimum atomic E-state index is -1.12. The topological polar surface area (TPSA) is 79.1 Å². The third kappa shape index (κ3) is 3.77. The van der Waals surface area contributed by atoms with Crippen molar-refractivity contribution in [3.05, 3.63) is 65.4 Å². The van der Waals surface area contributed by atoms with Crippen molar-refractivity contribution in [3.63, 3.8) is 0 Å². The number of hydrogen-bond acceptors (Lipinski definition) is 6. The summed E-state index contributed by atoms with van der Waals surface area (Å²) in [5.74, 6) is -1.14. The summed E-state index contributed by atoms with van der Waals surface area (Å²) in [4.78, 5) is 24.2. The molecule has 0 aliphatic carbocycles. The number of anilines is 1. The van der Waals surface area contributed by atoms with Crippen LogP contribution in [0.5, 0.6) is 0 Å². The van der Waals surface area contributed by atoms with E-state index in [-0.39, 0.29) is 6.10 Å². The summed E-state index contributed by atoms with van der Waals surface area (Å²) in [6, 6.07) is 17.9. The first-order valence-corrected chi connectivity index (χ1v) is 9.75. The Kier molecular flexibility index (Phi) is 5.13. The molecule has 0 spiro atoms. The highest BCUT2D eigenvalue weighted by Crippen LogP contribution is 2.31. The van der Waals surface area contributed by atoms with E-state index in [4.69, 9.17) is 9.72 Å². The van der Waals surface area contributed by atoms with Gasteiger partial charge in [0.15, 0.2) is 11.7 Å². The molecule has 1 aliphatic rings. The standard InChI is InChI=1S/C23H22N4O2/c1-15(2)29-23(28)18(13-24)21-22(26-20-10-6-5-9-19(20)25-21)27-12-11-16-7-3-4-8-17(16)14-27/h3-10,15,18H,11-12,14H2,1-2H3/t18-/m0/s1. The summed E-state index contributed by atoms with van der Waals surface area (Å²) in [5, 5.41) is 9.78. The predicted octanol–water partition coefficient (Wildman–Crippen LogP) is 3.75. The van der Waals surface area contributed by atoms with E-state index in [0.29, 0.717) is 23.6 Å². The molecule has 1 atom stereocenters. The predicted molar refractivity (Wildman–Crippen MR) is 110 cm³/mol. The number of benzene rings is 2. The fourth-order valence-corrected chi connectivity index (χ4v) is 3.63. The first-order valence-electron chi connectivity index (χ1n) is 9.75. The number of aromatic nitrogens is 2. The lowest BCUT2D eigenvalue weighted by molar-refractivity contribution is -0.147. The molecule has 1 aliphatic heterocycles. The second-order valence-corrected chi connectivity index (χ2v) is 7.41. The van der Waals surface area contributed by atoms with Gasteiger partial charge in [-0.25, -0.2) is 9.97 Å². The molecule has 0 unspecified atom stereocenters. The molecule has 2 heterocycles. The monoisotopic (exact) mass is 386 g/mol. The molecule has 3 aromatic rings. The fraction of sp³-hybridized carbons (Fsp3) is 0.304. The maximum absolute atomic E-state index is 12.6. The second kappa shape index (κ2) is 7.88. The number of esters is 1. The number of hydrogen-bond donors (Lipinski definition) is 0. The highest BCUT2D eigenvalue weighted by molar-refractivity contribution is 5.85. The molecular formula is C23H22N4O2. The molecule has 146 valence electrons. The normalized spacial score (nSPS) is 14.3. The molecule has 0 saturated carbocycles. The average molecular weight is 386 g/mol. The Morgan fingerprint density at radius 3 is 2.41 bits per heavy atom. The third-order valence-electron chi connectivity index (χ3n) is 5.00. The van der Waals surface area contributed by atoms with E-state index >= 15 is 0 Å². The molecule has 0 bridgehead atoms. The zero-order valence-electron chi connectivity index (χ0n) is 16.5. The van der Waals surface area contributed by atoms with Crippen molar-refractivity contribution in [1.29, 1.82) is 5.26 Å². The van der Waals surface area contributed by atoms with Crippen LogP contribution in [-0.2, 0) is 22.5 Å². The van der Waals surface area contributed by atoms with E-state index < -0.39 is 11.9 Å². The summed E-state index contributed by atoms with van der Waals surface area (Å²) in [6.45, 7) is 4.93. The lowest BCUT2D eigenvalue weighted by Crippen LogP contribution is -2.33. The molecular weight excluding hydrogens is 364 g/mol. The molecule has 4 rings (SSSR count). The first-order chi connectivity index (χ1) is 14.1. The van der Waals surface area contributed by atoms with Crippen LogP contribution in [0.4, 0.5) is 5.82 Å². The van der Waals surface area contributed by atoms with E-state index in [0.717, 1.165) is 18.5 Å². The second-order valence-electron chi connectivity index (χ2n) is 7.41. The number of para-hydroxylation sites is 2. The summed E-state index contributed by atoms with van der Waals surface area (Å²) in [5.41, 5.74) is 4.28.